The van der Waals surface area contributed by atoms with Crippen LogP contribution >= 0.6 is 11.6 Å². The Morgan fingerprint density at radius 1 is 1.21 bits per heavy atom. The molecule has 3 N–H and O–H groups in total. The Hall–Kier alpha value is -2.00. The van der Waals surface area contributed by atoms with E-state index in [4.69, 9.17) is 22.4 Å². The van der Waals surface area contributed by atoms with Crippen LogP contribution in [-0.4, -0.2) is 43.0 Å². The van der Waals surface area contributed by atoms with Crippen molar-refractivity contribution >= 4 is 30.0 Å². The number of aliphatic hydroxyl groups is 1. The van der Waals surface area contributed by atoms with E-state index in [1.807, 2.05) is 31.5 Å². The SMILES string of the molecule is N#Cc1cc(Cl)cc2c1CCC(N1CCCC1)C2.Nc1ccc([B]CCO)cc1. The fraction of sp³-hybridized carbons (Fsp3) is 0.435. The Kier molecular flexibility index (Phi) is 8.00. The molecular weight excluding hydrogens is 381 g/mol. The van der Waals surface area contributed by atoms with Crippen LogP contribution in [0.15, 0.2) is 36.4 Å². The smallest absolute Gasteiger partial charge is 0.153 e. The molecule has 2 aromatic carbocycles. The van der Waals surface area contributed by atoms with Gasteiger partial charge in [0.05, 0.1) is 11.6 Å². The topological polar surface area (TPSA) is 73.3 Å². The molecular formula is C23H28BClN3O. The van der Waals surface area contributed by atoms with E-state index in [-0.39, 0.29) is 6.61 Å². The molecule has 151 valence electrons. The molecule has 1 saturated heterocycles. The van der Waals surface area contributed by atoms with Gasteiger partial charge in [0.25, 0.3) is 0 Å². The second-order valence-electron chi connectivity index (χ2n) is 7.73. The van der Waals surface area contributed by atoms with Crippen molar-refractivity contribution in [1.82, 2.24) is 4.90 Å². The standard InChI is InChI=1S/C15H17ClN2.C8H11BNO/c16-13-7-11-9-14(18-5-1-2-6-18)3-4-15(11)12(8-13)10-17;10-8-3-1-7(2-4-8)9-5-6-11/h7-8,14H,1-6,9H2;1-4,11H,5-6,10H2. The monoisotopic (exact) mass is 408 g/mol. The van der Waals surface area contributed by atoms with Crippen molar-refractivity contribution in [3.63, 3.8) is 0 Å². The number of benzene rings is 2. The van der Waals surface area contributed by atoms with Crippen molar-refractivity contribution in [2.75, 3.05) is 25.4 Å². The fourth-order valence-electron chi connectivity index (χ4n) is 4.22. The first-order valence-corrected chi connectivity index (χ1v) is 10.7. The van der Waals surface area contributed by atoms with Gasteiger partial charge in [-0.2, -0.15) is 5.26 Å². The number of nitrogens with two attached hydrogens (primary N) is 1. The molecule has 4 nitrogen and oxygen atoms in total. The van der Waals surface area contributed by atoms with Gasteiger partial charge < -0.3 is 15.7 Å². The third-order valence-electron chi connectivity index (χ3n) is 5.71. The van der Waals surface area contributed by atoms with Crippen molar-refractivity contribution in [3.8, 4) is 6.07 Å². The number of anilines is 1. The van der Waals surface area contributed by atoms with Crippen LogP contribution in [0.2, 0.25) is 11.3 Å². The molecule has 1 aliphatic heterocycles. The van der Waals surface area contributed by atoms with E-state index in [1.54, 1.807) is 6.07 Å². The van der Waals surface area contributed by atoms with Crippen molar-refractivity contribution in [2.45, 2.75) is 44.5 Å². The third-order valence-corrected chi connectivity index (χ3v) is 5.93. The first-order chi connectivity index (χ1) is 14.1. The van der Waals surface area contributed by atoms with Gasteiger partial charge in [-0.25, -0.2) is 0 Å². The number of rotatable bonds is 4. The number of aliphatic hydroxyl groups excluding tert-OH is 1. The van der Waals surface area contributed by atoms with Crippen LogP contribution in [0.25, 0.3) is 0 Å². The largest absolute Gasteiger partial charge is 0.399 e. The van der Waals surface area contributed by atoms with Gasteiger partial charge in [-0.15, -0.1) is 0 Å². The average Bonchev–Trinajstić information content (AvgIpc) is 3.27. The number of halogens is 1. The Bertz CT molecular complexity index is 844. The molecule has 0 spiro atoms. The van der Waals surface area contributed by atoms with Crippen LogP contribution in [0, 0.1) is 11.3 Å². The summed E-state index contributed by atoms with van der Waals surface area (Å²) in [5.74, 6) is 0. The molecule has 1 unspecified atom stereocenters. The summed E-state index contributed by atoms with van der Waals surface area (Å²) in [6.07, 6.45) is 6.64. The lowest BCUT2D eigenvalue weighted by Gasteiger charge is -2.32. The van der Waals surface area contributed by atoms with Gasteiger partial charge in [0, 0.05) is 23.4 Å². The van der Waals surface area contributed by atoms with E-state index >= 15 is 0 Å². The zero-order valence-electron chi connectivity index (χ0n) is 16.8. The summed E-state index contributed by atoms with van der Waals surface area (Å²) in [6, 6.07) is 14.4. The maximum Gasteiger partial charge on any atom is 0.153 e. The van der Waals surface area contributed by atoms with Crippen molar-refractivity contribution < 1.29 is 5.11 Å². The van der Waals surface area contributed by atoms with E-state index in [0.717, 1.165) is 29.6 Å². The number of nitriles is 1. The zero-order chi connectivity index (χ0) is 20.6. The van der Waals surface area contributed by atoms with Crippen molar-refractivity contribution in [2.24, 2.45) is 0 Å². The van der Waals surface area contributed by atoms with Crippen LogP contribution in [0.1, 0.15) is 36.0 Å². The maximum absolute atomic E-state index is 9.18. The van der Waals surface area contributed by atoms with Crippen LogP contribution < -0.4 is 11.2 Å². The highest BCUT2D eigenvalue weighted by Crippen LogP contribution is 2.31. The van der Waals surface area contributed by atoms with Crippen LogP contribution in [0.5, 0.6) is 0 Å². The van der Waals surface area contributed by atoms with E-state index in [2.05, 4.69) is 17.0 Å². The lowest BCUT2D eigenvalue weighted by molar-refractivity contribution is 0.222. The first-order valence-electron chi connectivity index (χ1n) is 10.4. The summed E-state index contributed by atoms with van der Waals surface area (Å²) in [4.78, 5) is 2.61. The highest BCUT2D eigenvalue weighted by molar-refractivity contribution is 6.53. The predicted molar refractivity (Wildman–Crippen MR) is 121 cm³/mol. The second-order valence-corrected chi connectivity index (χ2v) is 8.16. The van der Waals surface area contributed by atoms with Gasteiger partial charge >= 0.3 is 0 Å². The Labute approximate surface area is 179 Å². The summed E-state index contributed by atoms with van der Waals surface area (Å²) < 4.78 is 0. The maximum atomic E-state index is 9.18. The van der Waals surface area contributed by atoms with E-state index in [0.29, 0.717) is 17.4 Å². The highest BCUT2D eigenvalue weighted by Gasteiger charge is 2.27. The number of fused-ring (bicyclic) bond motifs is 1. The molecule has 1 atom stereocenters. The van der Waals surface area contributed by atoms with Gasteiger partial charge in [0.15, 0.2) is 7.28 Å². The molecule has 0 saturated carbocycles. The second kappa shape index (κ2) is 10.7. The van der Waals surface area contributed by atoms with Gasteiger partial charge in [0.1, 0.15) is 0 Å². The van der Waals surface area contributed by atoms with Crippen LogP contribution in [0.3, 0.4) is 0 Å². The summed E-state index contributed by atoms with van der Waals surface area (Å²) in [5, 5.41) is 18.4. The highest BCUT2D eigenvalue weighted by atomic mass is 35.5. The lowest BCUT2D eigenvalue weighted by atomic mass is 9.67. The molecule has 1 heterocycles. The first kappa shape index (κ1) is 21.7. The number of nitrogen functional groups attached to an aromatic ring is 1. The molecule has 4 rings (SSSR count). The molecule has 29 heavy (non-hydrogen) atoms. The van der Waals surface area contributed by atoms with Crippen molar-refractivity contribution in [1.29, 1.82) is 5.26 Å². The number of likely N-dealkylation sites (tertiary alicyclic amines) is 1. The molecule has 2 aromatic rings. The Morgan fingerprint density at radius 3 is 2.59 bits per heavy atom. The molecule has 2 aliphatic rings. The molecule has 1 aliphatic carbocycles. The molecule has 6 heteroatoms. The molecule has 0 amide bonds. The van der Waals surface area contributed by atoms with Gasteiger partial charge in [-0.05, 0) is 80.6 Å². The summed E-state index contributed by atoms with van der Waals surface area (Å²) in [5.41, 5.74) is 10.7. The van der Waals surface area contributed by atoms with Gasteiger partial charge in [0.2, 0.25) is 0 Å². The van der Waals surface area contributed by atoms with Gasteiger partial charge in [-0.1, -0.05) is 35.5 Å². The Balaban J connectivity index is 0.000000188. The minimum absolute atomic E-state index is 0.199. The minimum Gasteiger partial charge on any atom is -0.399 e. The van der Waals surface area contributed by atoms with Crippen LogP contribution in [-0.2, 0) is 12.8 Å². The third kappa shape index (κ3) is 5.99. The number of hydrogen-bond donors (Lipinski definition) is 2. The summed E-state index contributed by atoms with van der Waals surface area (Å²) in [7, 11) is 1.97. The normalized spacial score (nSPS) is 18.3. The fourth-order valence-corrected chi connectivity index (χ4v) is 4.46. The Morgan fingerprint density at radius 2 is 1.93 bits per heavy atom. The van der Waals surface area contributed by atoms with Crippen LogP contribution in [0.4, 0.5) is 5.69 Å². The molecule has 0 bridgehead atoms. The van der Waals surface area contributed by atoms with E-state index in [1.165, 1.54) is 43.5 Å². The molecule has 1 fully saturated rings. The quantitative estimate of drug-likeness (QED) is 0.602. The minimum atomic E-state index is 0.199. The summed E-state index contributed by atoms with van der Waals surface area (Å²) >= 11 is 6.10. The lowest BCUT2D eigenvalue weighted by Crippen LogP contribution is -2.37. The summed E-state index contributed by atoms with van der Waals surface area (Å²) in [6.45, 7) is 2.68. The van der Waals surface area contributed by atoms with E-state index < -0.39 is 0 Å². The molecule has 1 radical (unpaired) electrons. The molecule has 0 aromatic heterocycles. The zero-order valence-corrected chi connectivity index (χ0v) is 17.5. The predicted octanol–water partition coefficient (Wildman–Crippen LogP) is 3.17. The van der Waals surface area contributed by atoms with Gasteiger partial charge in [-0.3, -0.25) is 0 Å². The average molecular weight is 409 g/mol. The van der Waals surface area contributed by atoms with E-state index in [9.17, 15) is 5.26 Å². The number of hydrogen-bond acceptors (Lipinski definition) is 4. The number of nitrogens with zero attached hydrogens (tertiary/aromatic N) is 2. The van der Waals surface area contributed by atoms with Crippen molar-refractivity contribution in [3.05, 3.63) is 58.1 Å².